The number of allylic oxidation sites excluding steroid dienone is 8. The molecular formula is C58H108NO8P. The molecule has 0 saturated heterocycles. The number of hydrogen-bond acceptors (Lipinski definition) is 8. The Morgan fingerprint density at radius 3 is 1.26 bits per heavy atom. The quantitative estimate of drug-likeness (QED) is 0.0195. The van der Waals surface area contributed by atoms with E-state index in [-0.39, 0.29) is 32.0 Å². The smallest absolute Gasteiger partial charge is 0.306 e. The van der Waals surface area contributed by atoms with E-state index in [1.807, 2.05) is 21.1 Å². The number of hydrogen-bond donors (Lipinski definition) is 0. The molecule has 68 heavy (non-hydrogen) atoms. The SMILES string of the molecule is CC/C=C\C/C=C\C/C=C\CCCCCCCC(=O)OC(COC(=O)CCCCCCCCCCCCCCCCCCC/C=C\CCCCCCCCCC)COP(=O)([O-])OCC[N+](C)(C)C. The molecular weight excluding hydrogens is 870 g/mol. The molecule has 2 atom stereocenters. The Bertz CT molecular complexity index is 1290. The fourth-order valence-electron chi connectivity index (χ4n) is 7.96. The number of quaternary nitrogens is 1. The maximum Gasteiger partial charge on any atom is 0.306 e. The van der Waals surface area contributed by atoms with Crippen LogP contribution in [-0.2, 0) is 32.7 Å². The fourth-order valence-corrected chi connectivity index (χ4v) is 8.69. The van der Waals surface area contributed by atoms with Gasteiger partial charge in [-0.2, -0.15) is 0 Å². The van der Waals surface area contributed by atoms with Crippen LogP contribution in [0.1, 0.15) is 258 Å². The van der Waals surface area contributed by atoms with E-state index in [9.17, 15) is 19.0 Å². The topological polar surface area (TPSA) is 111 Å². The van der Waals surface area contributed by atoms with Crippen LogP contribution in [-0.4, -0.2) is 70.0 Å². The highest BCUT2D eigenvalue weighted by Gasteiger charge is 2.21. The third-order valence-electron chi connectivity index (χ3n) is 12.3. The molecule has 0 N–H and O–H groups in total. The van der Waals surface area contributed by atoms with Crippen molar-refractivity contribution in [3.05, 3.63) is 48.6 Å². The van der Waals surface area contributed by atoms with Gasteiger partial charge in [0.25, 0.3) is 7.82 Å². The van der Waals surface area contributed by atoms with E-state index in [0.717, 1.165) is 70.6 Å². The van der Waals surface area contributed by atoms with Crippen molar-refractivity contribution in [3.8, 4) is 0 Å². The van der Waals surface area contributed by atoms with Gasteiger partial charge in [-0.1, -0.05) is 223 Å². The first-order chi connectivity index (χ1) is 33.0. The average Bonchev–Trinajstić information content (AvgIpc) is 3.30. The van der Waals surface area contributed by atoms with Gasteiger partial charge in [-0.15, -0.1) is 0 Å². The van der Waals surface area contributed by atoms with E-state index >= 15 is 0 Å². The molecule has 0 saturated carbocycles. The third kappa shape index (κ3) is 53.3. The predicted octanol–water partition coefficient (Wildman–Crippen LogP) is 16.7. The molecule has 0 fully saturated rings. The van der Waals surface area contributed by atoms with Crippen molar-refractivity contribution in [2.24, 2.45) is 0 Å². The highest BCUT2D eigenvalue weighted by Crippen LogP contribution is 2.38. The lowest BCUT2D eigenvalue weighted by Gasteiger charge is -2.28. The minimum absolute atomic E-state index is 0.0346. The maximum absolute atomic E-state index is 12.7. The first-order valence-corrected chi connectivity index (χ1v) is 29.8. The van der Waals surface area contributed by atoms with Crippen molar-refractivity contribution in [2.75, 3.05) is 47.5 Å². The van der Waals surface area contributed by atoms with Crippen molar-refractivity contribution in [3.63, 3.8) is 0 Å². The predicted molar refractivity (Wildman–Crippen MR) is 287 cm³/mol. The molecule has 2 unspecified atom stereocenters. The number of rotatable bonds is 52. The maximum atomic E-state index is 12.7. The summed E-state index contributed by atoms with van der Waals surface area (Å²) in [5.41, 5.74) is 0. The normalized spacial score (nSPS) is 13.7. The zero-order valence-electron chi connectivity index (χ0n) is 45.1. The molecule has 0 rings (SSSR count). The summed E-state index contributed by atoms with van der Waals surface area (Å²) in [5.74, 6) is -0.846. The first kappa shape index (κ1) is 66.0. The molecule has 0 aliphatic carbocycles. The Morgan fingerprint density at radius 2 is 0.838 bits per heavy atom. The number of phosphoric ester groups is 1. The summed E-state index contributed by atoms with van der Waals surface area (Å²) in [7, 11) is 1.16. The van der Waals surface area contributed by atoms with Gasteiger partial charge in [0.05, 0.1) is 27.7 Å². The van der Waals surface area contributed by atoms with Crippen LogP contribution in [0.4, 0.5) is 0 Å². The van der Waals surface area contributed by atoms with E-state index in [1.54, 1.807) is 0 Å². The molecule has 0 heterocycles. The molecule has 0 aromatic carbocycles. The van der Waals surface area contributed by atoms with E-state index in [2.05, 4.69) is 62.5 Å². The number of phosphoric acid groups is 1. The van der Waals surface area contributed by atoms with E-state index in [4.69, 9.17) is 18.5 Å². The van der Waals surface area contributed by atoms with E-state index in [1.165, 1.54) is 154 Å². The molecule has 0 radical (unpaired) electrons. The van der Waals surface area contributed by atoms with Gasteiger partial charge in [0.2, 0.25) is 0 Å². The molecule has 0 spiro atoms. The van der Waals surface area contributed by atoms with Gasteiger partial charge in [-0.3, -0.25) is 14.2 Å². The molecule has 0 aromatic heterocycles. The second-order valence-corrected chi connectivity index (χ2v) is 21.7. The van der Waals surface area contributed by atoms with Gasteiger partial charge in [0.15, 0.2) is 6.10 Å². The zero-order valence-corrected chi connectivity index (χ0v) is 45.9. The van der Waals surface area contributed by atoms with Crippen LogP contribution in [0, 0.1) is 0 Å². The van der Waals surface area contributed by atoms with Crippen molar-refractivity contribution < 1.29 is 42.1 Å². The standard InChI is InChI=1S/C58H108NO8P/c1-6-8-10-12-14-16-18-20-22-23-24-25-26-27-28-29-30-31-32-33-34-35-37-38-40-42-44-46-48-50-57(60)64-54-56(55-66-68(62,63)65-53-52-59(3,4)5)67-58(61)51-49-47-45-43-41-39-36-21-19-17-15-13-11-9-7-2/h9,11,15,17,21,23-24,36,56H,6-8,10,12-14,16,18-20,22,25-35,37-55H2,1-5H3/b11-9-,17-15-,24-23-,36-21-. The third-order valence-corrected chi connectivity index (χ3v) is 13.3. The number of ether oxygens (including phenoxy) is 2. The van der Waals surface area contributed by atoms with Gasteiger partial charge < -0.3 is 27.9 Å². The van der Waals surface area contributed by atoms with Crippen LogP contribution < -0.4 is 4.89 Å². The fraction of sp³-hybridized carbons (Fsp3) is 0.828. The number of esters is 2. The average molecular weight is 978 g/mol. The second kappa shape index (κ2) is 49.9. The van der Waals surface area contributed by atoms with Gasteiger partial charge >= 0.3 is 11.9 Å². The van der Waals surface area contributed by atoms with Gasteiger partial charge in [-0.25, -0.2) is 0 Å². The van der Waals surface area contributed by atoms with Gasteiger partial charge in [0, 0.05) is 12.8 Å². The van der Waals surface area contributed by atoms with Gasteiger partial charge in [0.1, 0.15) is 19.8 Å². The second-order valence-electron chi connectivity index (χ2n) is 20.3. The summed E-state index contributed by atoms with van der Waals surface area (Å²) >= 11 is 0. The molecule has 0 bridgehead atoms. The van der Waals surface area contributed by atoms with Gasteiger partial charge in [-0.05, 0) is 70.6 Å². The van der Waals surface area contributed by atoms with Crippen LogP contribution in [0.3, 0.4) is 0 Å². The van der Waals surface area contributed by atoms with Crippen LogP contribution in [0.5, 0.6) is 0 Å². The Hall–Kier alpha value is -2.03. The lowest BCUT2D eigenvalue weighted by Crippen LogP contribution is -2.37. The first-order valence-electron chi connectivity index (χ1n) is 28.3. The Labute approximate surface area is 420 Å². The lowest BCUT2D eigenvalue weighted by atomic mass is 10.0. The monoisotopic (exact) mass is 978 g/mol. The minimum Gasteiger partial charge on any atom is -0.756 e. The number of nitrogens with zero attached hydrogens (tertiary/aromatic N) is 1. The summed E-state index contributed by atoms with van der Waals surface area (Å²) in [5, 5.41) is 0. The molecule has 9 nitrogen and oxygen atoms in total. The van der Waals surface area contributed by atoms with Crippen LogP contribution in [0.15, 0.2) is 48.6 Å². The molecule has 0 aliphatic heterocycles. The van der Waals surface area contributed by atoms with Crippen molar-refractivity contribution in [2.45, 2.75) is 264 Å². The summed E-state index contributed by atoms with van der Waals surface area (Å²) in [6, 6.07) is 0. The number of likely N-dealkylation sites (N-methyl/N-ethyl adjacent to an activating group) is 1. The molecule has 10 heteroatoms. The van der Waals surface area contributed by atoms with Crippen LogP contribution >= 0.6 is 7.82 Å². The summed E-state index contributed by atoms with van der Waals surface area (Å²) in [6.45, 7) is 4.13. The number of carbonyl (C=O) groups excluding carboxylic acids is 2. The summed E-state index contributed by atoms with van der Waals surface area (Å²) < 4.78 is 34.1. The summed E-state index contributed by atoms with van der Waals surface area (Å²) in [6.07, 6.45) is 61.7. The Morgan fingerprint density at radius 1 is 0.471 bits per heavy atom. The van der Waals surface area contributed by atoms with Crippen LogP contribution in [0.25, 0.3) is 0 Å². The molecule has 0 aromatic rings. The van der Waals surface area contributed by atoms with Crippen molar-refractivity contribution >= 4 is 19.8 Å². The van der Waals surface area contributed by atoms with Crippen molar-refractivity contribution in [1.82, 2.24) is 0 Å². The molecule has 0 aliphatic rings. The largest absolute Gasteiger partial charge is 0.756 e. The molecule has 0 amide bonds. The van der Waals surface area contributed by atoms with Crippen molar-refractivity contribution in [1.29, 1.82) is 0 Å². The Balaban J connectivity index is 4.07. The summed E-state index contributed by atoms with van der Waals surface area (Å²) in [4.78, 5) is 37.8. The Kier molecular flexibility index (Phi) is 48.4. The lowest BCUT2D eigenvalue weighted by molar-refractivity contribution is -0.870. The minimum atomic E-state index is -4.64. The van der Waals surface area contributed by atoms with E-state index in [0.29, 0.717) is 17.4 Å². The highest BCUT2D eigenvalue weighted by atomic mass is 31.2. The molecule has 398 valence electrons. The van der Waals surface area contributed by atoms with E-state index < -0.39 is 26.5 Å². The number of unbranched alkanes of at least 4 members (excludes halogenated alkanes) is 30. The zero-order chi connectivity index (χ0) is 49.9. The highest BCUT2D eigenvalue weighted by molar-refractivity contribution is 7.45. The van der Waals surface area contributed by atoms with Crippen LogP contribution in [0.2, 0.25) is 0 Å². The number of carbonyl (C=O) groups is 2.